The maximum absolute atomic E-state index is 14.6. The van der Waals surface area contributed by atoms with Gasteiger partial charge in [0, 0.05) is 35.0 Å². The summed E-state index contributed by atoms with van der Waals surface area (Å²) in [6, 6.07) is 7.18. The molecule has 2 aliphatic heterocycles. The van der Waals surface area contributed by atoms with Crippen LogP contribution in [0.1, 0.15) is 37.8 Å². The molecule has 3 aromatic rings. The molecule has 1 N–H and O–H groups in total. The first kappa shape index (κ1) is 23.3. The van der Waals surface area contributed by atoms with Crippen molar-refractivity contribution in [2.45, 2.75) is 44.7 Å². The van der Waals surface area contributed by atoms with E-state index in [4.69, 9.17) is 9.47 Å². The Morgan fingerprint density at radius 1 is 1.14 bits per heavy atom. The summed E-state index contributed by atoms with van der Waals surface area (Å²) >= 11 is 0. The molecule has 5 rings (SSSR count). The van der Waals surface area contributed by atoms with E-state index in [1.54, 1.807) is 11.1 Å². The third-order valence-corrected chi connectivity index (χ3v) is 6.82. The quantitative estimate of drug-likeness (QED) is 0.535. The zero-order chi connectivity index (χ0) is 24.5. The van der Waals surface area contributed by atoms with E-state index in [9.17, 15) is 13.6 Å². The summed E-state index contributed by atoms with van der Waals surface area (Å²) in [5.74, 6) is -1.14. The first-order valence-electron chi connectivity index (χ1n) is 11.9. The van der Waals surface area contributed by atoms with Crippen LogP contribution in [0.2, 0.25) is 0 Å². The van der Waals surface area contributed by atoms with Gasteiger partial charge in [-0.2, -0.15) is 5.10 Å². The zero-order valence-electron chi connectivity index (χ0n) is 19.8. The lowest BCUT2D eigenvalue weighted by molar-refractivity contribution is 0.175. The highest BCUT2D eigenvalue weighted by molar-refractivity contribution is 5.92. The third kappa shape index (κ3) is 4.48. The number of piperidine rings is 1. The molecule has 2 aliphatic rings. The molecule has 9 heteroatoms. The van der Waals surface area contributed by atoms with Gasteiger partial charge in [0.1, 0.15) is 11.6 Å². The number of ether oxygens (including phenoxy) is 2. The number of carbonyl (C=O) groups excluding carboxylic acids is 1. The maximum atomic E-state index is 14.6. The molecule has 0 radical (unpaired) electrons. The molecular formula is C26H28F2N4O3. The van der Waals surface area contributed by atoms with E-state index in [0.717, 1.165) is 54.8 Å². The topological polar surface area (TPSA) is 68.6 Å². The molecule has 1 saturated heterocycles. The molecule has 0 spiro atoms. The first-order chi connectivity index (χ1) is 17.0. The minimum absolute atomic E-state index is 0.0705. The first-order valence-corrected chi connectivity index (χ1v) is 11.9. The molecule has 3 heterocycles. The van der Waals surface area contributed by atoms with Gasteiger partial charge in [0.2, 0.25) is 0 Å². The summed E-state index contributed by atoms with van der Waals surface area (Å²) in [5, 5.41) is 7.96. The molecule has 0 bridgehead atoms. The Morgan fingerprint density at radius 3 is 2.69 bits per heavy atom. The van der Waals surface area contributed by atoms with Crippen molar-refractivity contribution >= 4 is 11.8 Å². The van der Waals surface area contributed by atoms with Gasteiger partial charge < -0.3 is 14.8 Å². The minimum Gasteiger partial charge on any atom is -0.453 e. The predicted octanol–water partition coefficient (Wildman–Crippen LogP) is 5.45. The Labute approximate surface area is 202 Å². The van der Waals surface area contributed by atoms with Crippen molar-refractivity contribution < 1.29 is 23.0 Å². The second-order valence-electron chi connectivity index (χ2n) is 9.03. The molecule has 184 valence electrons. The number of rotatable bonds is 4. The molecule has 0 saturated carbocycles. The van der Waals surface area contributed by atoms with Crippen LogP contribution in [0.5, 0.6) is 11.5 Å². The van der Waals surface area contributed by atoms with Crippen molar-refractivity contribution in [3.05, 3.63) is 59.9 Å². The Hall–Kier alpha value is -3.46. The van der Waals surface area contributed by atoms with Crippen molar-refractivity contribution in [3.8, 4) is 22.6 Å². The van der Waals surface area contributed by atoms with Gasteiger partial charge in [-0.15, -0.1) is 0 Å². The summed E-state index contributed by atoms with van der Waals surface area (Å²) in [7, 11) is 1.35. The normalized spacial score (nSPS) is 18.3. The van der Waals surface area contributed by atoms with E-state index in [1.807, 2.05) is 29.9 Å². The third-order valence-electron chi connectivity index (χ3n) is 6.82. The summed E-state index contributed by atoms with van der Waals surface area (Å²) in [6.07, 6.45) is 6.57. The van der Waals surface area contributed by atoms with Gasteiger partial charge in [-0.05, 0) is 70.0 Å². The van der Waals surface area contributed by atoms with E-state index in [-0.39, 0.29) is 11.8 Å². The van der Waals surface area contributed by atoms with Gasteiger partial charge in [0.15, 0.2) is 11.6 Å². The maximum Gasteiger partial charge on any atom is 0.414 e. The van der Waals surface area contributed by atoms with Crippen LogP contribution in [-0.2, 0) is 11.2 Å². The second kappa shape index (κ2) is 9.65. The monoisotopic (exact) mass is 482 g/mol. The minimum atomic E-state index is -0.798. The molecule has 1 amide bonds. The molecule has 2 aromatic carbocycles. The van der Waals surface area contributed by atoms with Crippen LogP contribution in [0.3, 0.4) is 0 Å². The van der Waals surface area contributed by atoms with Crippen LogP contribution in [0.4, 0.5) is 19.3 Å². The predicted molar refractivity (Wildman–Crippen MR) is 128 cm³/mol. The number of nitrogens with one attached hydrogen (secondary N) is 1. The summed E-state index contributed by atoms with van der Waals surface area (Å²) in [6.45, 7) is 3.84. The Bertz CT molecular complexity index is 1240. The fourth-order valence-electron chi connectivity index (χ4n) is 4.94. The molecule has 35 heavy (non-hydrogen) atoms. The lowest BCUT2D eigenvalue weighted by Gasteiger charge is -2.35. The summed E-state index contributed by atoms with van der Waals surface area (Å²) < 4.78 is 41.3. The molecule has 0 aliphatic carbocycles. The number of benzene rings is 2. The van der Waals surface area contributed by atoms with Gasteiger partial charge in [-0.25, -0.2) is 13.6 Å². The highest BCUT2D eigenvalue weighted by Crippen LogP contribution is 2.45. The van der Waals surface area contributed by atoms with E-state index in [1.165, 1.54) is 13.2 Å². The van der Waals surface area contributed by atoms with Crippen LogP contribution < -0.4 is 15.0 Å². The van der Waals surface area contributed by atoms with E-state index in [2.05, 4.69) is 10.4 Å². The number of hydrogen-bond donors (Lipinski definition) is 1. The molecule has 1 fully saturated rings. The summed E-state index contributed by atoms with van der Waals surface area (Å²) in [4.78, 5) is 14.2. The average Bonchev–Trinajstić information content (AvgIpc) is 3.36. The van der Waals surface area contributed by atoms with E-state index in [0.29, 0.717) is 30.3 Å². The van der Waals surface area contributed by atoms with Crippen LogP contribution in [0.15, 0.2) is 42.7 Å². The molecular weight excluding hydrogens is 454 g/mol. The van der Waals surface area contributed by atoms with Gasteiger partial charge in [0.05, 0.1) is 25.0 Å². The molecule has 0 unspecified atom stereocenters. The van der Waals surface area contributed by atoms with Crippen molar-refractivity contribution in [3.63, 3.8) is 0 Å². The Morgan fingerprint density at radius 2 is 1.94 bits per heavy atom. The Kier molecular flexibility index (Phi) is 6.42. The second-order valence-corrected chi connectivity index (χ2v) is 9.03. The molecule has 7 nitrogen and oxygen atoms in total. The number of methoxy groups -OCH3 is 1. The Balaban J connectivity index is 1.61. The fraction of sp³-hybridized carbons (Fsp3) is 0.385. The summed E-state index contributed by atoms with van der Waals surface area (Å²) in [5.41, 5.74) is 2.98. The van der Waals surface area contributed by atoms with Crippen molar-refractivity contribution in [1.82, 2.24) is 15.1 Å². The lowest BCUT2D eigenvalue weighted by Crippen LogP contribution is -2.42. The van der Waals surface area contributed by atoms with Gasteiger partial charge in [-0.1, -0.05) is 0 Å². The van der Waals surface area contributed by atoms with Crippen molar-refractivity contribution in [1.29, 1.82) is 0 Å². The number of nitrogens with zero attached hydrogens (tertiary/aromatic N) is 3. The van der Waals surface area contributed by atoms with Crippen LogP contribution in [0.25, 0.3) is 11.1 Å². The van der Waals surface area contributed by atoms with E-state index < -0.39 is 17.7 Å². The number of carbonyl (C=O) groups is 1. The molecule has 1 aromatic heterocycles. The van der Waals surface area contributed by atoms with E-state index >= 15 is 0 Å². The number of halogens is 2. The highest BCUT2D eigenvalue weighted by Gasteiger charge is 2.33. The van der Waals surface area contributed by atoms with Crippen LogP contribution in [0, 0.1) is 11.6 Å². The fourth-order valence-corrected chi connectivity index (χ4v) is 4.94. The van der Waals surface area contributed by atoms with Gasteiger partial charge in [0.25, 0.3) is 0 Å². The smallest absolute Gasteiger partial charge is 0.414 e. The highest BCUT2D eigenvalue weighted by atomic mass is 19.1. The number of hydrogen-bond acceptors (Lipinski definition) is 5. The average molecular weight is 483 g/mol. The van der Waals surface area contributed by atoms with Crippen LogP contribution in [-0.4, -0.2) is 42.1 Å². The number of fused-ring (bicyclic) bond motifs is 1. The SMILES string of the molecule is COC(=O)N1c2ccc(-c3cnn(C4CCNCC4)c3)c(Oc3ccc(F)cc3F)c2CC[C@@H]1C. The van der Waals surface area contributed by atoms with Crippen molar-refractivity contribution in [2.24, 2.45) is 0 Å². The van der Waals surface area contributed by atoms with Crippen molar-refractivity contribution in [2.75, 3.05) is 25.1 Å². The standard InChI is InChI=1S/C26H28F2N4O3/c1-16-3-5-21-23(32(16)26(33)34-2)7-6-20(25(21)35-24-8-4-18(27)13-22(24)28)17-14-30-31(15-17)19-9-11-29-12-10-19/h4,6-8,13-16,19,29H,3,5,9-12H2,1-2H3/t16-/m0/s1. The van der Waals surface area contributed by atoms with Crippen LogP contribution >= 0.6 is 0 Å². The number of amides is 1. The number of anilines is 1. The largest absolute Gasteiger partial charge is 0.453 e. The van der Waals surface area contributed by atoms with Gasteiger partial charge in [-0.3, -0.25) is 9.58 Å². The number of aromatic nitrogens is 2. The molecule has 1 atom stereocenters. The lowest BCUT2D eigenvalue weighted by atomic mass is 9.92. The van der Waals surface area contributed by atoms with Gasteiger partial charge >= 0.3 is 6.09 Å². The zero-order valence-corrected chi connectivity index (χ0v) is 19.8.